The Morgan fingerprint density at radius 2 is 1.93 bits per heavy atom. The number of rotatable bonds is 3. The van der Waals surface area contributed by atoms with Gasteiger partial charge in [-0.25, -0.2) is 8.78 Å². The van der Waals surface area contributed by atoms with Gasteiger partial charge in [0.25, 0.3) is 5.78 Å². The summed E-state index contributed by atoms with van der Waals surface area (Å²) in [5.41, 5.74) is 1.89. The number of nitrogens with zero attached hydrogens (tertiary/aromatic N) is 4. The average Bonchev–Trinajstić information content (AvgIpc) is 3.41. The van der Waals surface area contributed by atoms with Crippen LogP contribution in [-0.4, -0.2) is 26.6 Å². The van der Waals surface area contributed by atoms with Gasteiger partial charge in [-0.2, -0.15) is 4.98 Å². The van der Waals surface area contributed by atoms with E-state index in [9.17, 15) is 8.78 Å². The maximum Gasteiger partial charge on any atom is 0.257 e. The van der Waals surface area contributed by atoms with Crippen molar-refractivity contribution in [1.82, 2.24) is 19.6 Å². The molecule has 30 heavy (non-hydrogen) atoms. The van der Waals surface area contributed by atoms with Crippen LogP contribution in [-0.2, 0) is 0 Å². The monoisotopic (exact) mass is 403 g/mol. The molecule has 0 aliphatic heterocycles. The van der Waals surface area contributed by atoms with Gasteiger partial charge in [-0.15, -0.1) is 10.2 Å². The second-order valence-electron chi connectivity index (χ2n) is 7.64. The lowest BCUT2D eigenvalue weighted by Gasteiger charge is -2.09. The van der Waals surface area contributed by atoms with E-state index in [1.165, 1.54) is 24.3 Å². The molecule has 2 aromatic carbocycles. The largest absolute Gasteiger partial charge is 0.372 e. The molecule has 0 radical (unpaired) electrons. The van der Waals surface area contributed by atoms with E-state index in [-0.39, 0.29) is 11.2 Å². The van der Waals surface area contributed by atoms with E-state index in [2.05, 4.69) is 39.3 Å². The van der Waals surface area contributed by atoms with Gasteiger partial charge in [-0.05, 0) is 55.7 Å². The van der Waals surface area contributed by atoms with Crippen LogP contribution in [0.1, 0.15) is 31.7 Å². The fourth-order valence-corrected chi connectivity index (χ4v) is 3.71. The highest BCUT2D eigenvalue weighted by Gasteiger charge is 2.38. The minimum atomic E-state index is -0.398. The second kappa shape index (κ2) is 6.77. The summed E-state index contributed by atoms with van der Waals surface area (Å²) in [6, 6.07) is 9.05. The first-order valence-corrected chi connectivity index (χ1v) is 9.88. The SMILES string of the molecule is CCC1(C#Cc2cc(F)cc(-c3nnc4nc(NC)c5cc(F)ccc5n34)c2)CC1. The summed E-state index contributed by atoms with van der Waals surface area (Å²) < 4.78 is 30.0. The molecular weight excluding hydrogens is 384 g/mol. The van der Waals surface area contributed by atoms with Crippen molar-refractivity contribution in [1.29, 1.82) is 0 Å². The van der Waals surface area contributed by atoms with E-state index >= 15 is 0 Å². The van der Waals surface area contributed by atoms with Gasteiger partial charge in [-0.1, -0.05) is 18.8 Å². The Bertz CT molecular complexity index is 1360. The van der Waals surface area contributed by atoms with Gasteiger partial charge in [0.1, 0.15) is 17.5 Å². The van der Waals surface area contributed by atoms with Crippen LogP contribution < -0.4 is 5.32 Å². The summed E-state index contributed by atoms with van der Waals surface area (Å²) in [5, 5.41) is 11.9. The summed E-state index contributed by atoms with van der Waals surface area (Å²) in [4.78, 5) is 4.43. The molecule has 0 amide bonds. The Kier molecular flexibility index (Phi) is 4.17. The molecule has 5 nitrogen and oxygen atoms in total. The molecule has 1 aliphatic carbocycles. The number of anilines is 1. The normalized spacial score (nSPS) is 14.5. The molecular formula is C23H19F2N5. The molecule has 5 rings (SSSR count). The summed E-state index contributed by atoms with van der Waals surface area (Å²) >= 11 is 0. The molecule has 0 atom stereocenters. The van der Waals surface area contributed by atoms with Crippen LogP contribution in [0, 0.1) is 28.9 Å². The average molecular weight is 403 g/mol. The third kappa shape index (κ3) is 3.05. The Morgan fingerprint density at radius 1 is 1.10 bits per heavy atom. The van der Waals surface area contributed by atoms with Gasteiger partial charge in [0.15, 0.2) is 5.82 Å². The maximum absolute atomic E-state index is 14.4. The number of halogens is 2. The van der Waals surface area contributed by atoms with Crippen molar-refractivity contribution in [2.45, 2.75) is 26.2 Å². The van der Waals surface area contributed by atoms with Crippen molar-refractivity contribution in [3.63, 3.8) is 0 Å². The molecule has 7 heteroatoms. The van der Waals surface area contributed by atoms with Gasteiger partial charge in [0.2, 0.25) is 0 Å². The van der Waals surface area contributed by atoms with E-state index in [0.717, 1.165) is 19.3 Å². The Hall–Kier alpha value is -3.53. The summed E-state index contributed by atoms with van der Waals surface area (Å²) in [6.07, 6.45) is 3.18. The lowest BCUT2D eigenvalue weighted by molar-refractivity contribution is 0.627. The zero-order valence-electron chi connectivity index (χ0n) is 16.6. The molecule has 1 N–H and O–H groups in total. The summed E-state index contributed by atoms with van der Waals surface area (Å²) in [7, 11) is 1.71. The predicted octanol–water partition coefficient (Wildman–Crippen LogP) is 4.81. The fraction of sp³-hybridized carbons (Fsp3) is 0.261. The quantitative estimate of drug-likeness (QED) is 0.499. The predicted molar refractivity (Wildman–Crippen MR) is 112 cm³/mol. The third-order valence-corrected chi connectivity index (χ3v) is 5.71. The highest BCUT2D eigenvalue weighted by atomic mass is 19.1. The van der Waals surface area contributed by atoms with Crippen molar-refractivity contribution in [2.75, 3.05) is 12.4 Å². The highest BCUT2D eigenvalue weighted by Crippen LogP contribution is 2.47. The Labute approximate surface area is 172 Å². The van der Waals surface area contributed by atoms with Crippen molar-refractivity contribution in [3.8, 4) is 23.2 Å². The smallest absolute Gasteiger partial charge is 0.257 e. The molecule has 1 aliphatic rings. The summed E-state index contributed by atoms with van der Waals surface area (Å²) in [5.74, 6) is 6.93. The molecule has 0 unspecified atom stereocenters. The number of aromatic nitrogens is 4. The molecule has 0 bridgehead atoms. The molecule has 2 aromatic heterocycles. The molecule has 150 valence electrons. The van der Waals surface area contributed by atoms with Gasteiger partial charge < -0.3 is 5.32 Å². The van der Waals surface area contributed by atoms with Crippen molar-refractivity contribution in [2.24, 2.45) is 5.41 Å². The standard InChI is InChI=1S/C23H19F2N5/c1-3-23(8-9-23)7-6-14-10-15(12-17(25)11-14)21-28-29-22-27-20(26-2)18-13-16(24)4-5-19(18)30(21)22/h4-5,10-13H,3,8-9H2,1-2H3,(H,26,27,29). The van der Waals surface area contributed by atoms with Crippen LogP contribution in [0.2, 0.25) is 0 Å². The second-order valence-corrected chi connectivity index (χ2v) is 7.64. The van der Waals surface area contributed by atoms with Gasteiger partial charge in [0.05, 0.1) is 5.52 Å². The Balaban J connectivity index is 1.70. The molecule has 1 fully saturated rings. The molecule has 4 aromatic rings. The van der Waals surface area contributed by atoms with Crippen LogP contribution in [0.25, 0.3) is 28.1 Å². The third-order valence-electron chi connectivity index (χ3n) is 5.71. The minimum absolute atomic E-state index is 0.0851. The number of hydrogen-bond acceptors (Lipinski definition) is 4. The van der Waals surface area contributed by atoms with Crippen LogP contribution in [0.5, 0.6) is 0 Å². The fourth-order valence-electron chi connectivity index (χ4n) is 3.71. The van der Waals surface area contributed by atoms with E-state index < -0.39 is 5.82 Å². The molecule has 0 saturated heterocycles. The van der Waals surface area contributed by atoms with E-state index in [1.807, 2.05) is 0 Å². The van der Waals surface area contributed by atoms with Gasteiger partial charge >= 0.3 is 0 Å². The van der Waals surface area contributed by atoms with Crippen LogP contribution >= 0.6 is 0 Å². The van der Waals surface area contributed by atoms with E-state index in [1.54, 1.807) is 23.6 Å². The first-order chi connectivity index (χ1) is 14.5. The minimum Gasteiger partial charge on any atom is -0.372 e. The maximum atomic E-state index is 14.4. The number of benzene rings is 2. The van der Waals surface area contributed by atoms with Crippen molar-refractivity contribution >= 4 is 22.5 Å². The zero-order valence-corrected chi connectivity index (χ0v) is 16.6. The highest BCUT2D eigenvalue weighted by molar-refractivity contribution is 5.92. The lowest BCUT2D eigenvalue weighted by Crippen LogP contribution is -2.01. The first kappa shape index (κ1) is 18.5. The number of fused-ring (bicyclic) bond motifs is 3. The van der Waals surface area contributed by atoms with Gasteiger partial charge in [-0.3, -0.25) is 4.40 Å². The number of hydrogen-bond donors (Lipinski definition) is 1. The zero-order chi connectivity index (χ0) is 20.9. The van der Waals surface area contributed by atoms with E-state index in [0.29, 0.717) is 39.4 Å². The van der Waals surface area contributed by atoms with Crippen molar-refractivity contribution in [3.05, 3.63) is 53.6 Å². The summed E-state index contributed by atoms with van der Waals surface area (Å²) in [6.45, 7) is 2.13. The molecule has 1 saturated carbocycles. The topological polar surface area (TPSA) is 55.1 Å². The molecule has 2 heterocycles. The van der Waals surface area contributed by atoms with Crippen molar-refractivity contribution < 1.29 is 8.78 Å². The van der Waals surface area contributed by atoms with Crippen LogP contribution in [0.4, 0.5) is 14.6 Å². The van der Waals surface area contributed by atoms with E-state index in [4.69, 9.17) is 0 Å². The van der Waals surface area contributed by atoms with Crippen LogP contribution in [0.15, 0.2) is 36.4 Å². The van der Waals surface area contributed by atoms with Gasteiger partial charge in [0, 0.05) is 29.0 Å². The first-order valence-electron chi connectivity index (χ1n) is 9.88. The number of nitrogens with one attached hydrogen (secondary N) is 1. The Morgan fingerprint density at radius 3 is 2.67 bits per heavy atom. The molecule has 0 spiro atoms. The lowest BCUT2D eigenvalue weighted by atomic mass is 10.0. The van der Waals surface area contributed by atoms with Crippen LogP contribution in [0.3, 0.4) is 0 Å².